The summed E-state index contributed by atoms with van der Waals surface area (Å²) >= 11 is 0. The zero-order chi connectivity index (χ0) is 19.6. The van der Waals surface area contributed by atoms with Gasteiger partial charge in [0.05, 0.1) is 12.2 Å². The number of nitrogens with zero attached hydrogens (tertiary/aromatic N) is 3. The lowest BCUT2D eigenvalue weighted by Gasteiger charge is -2.14. The van der Waals surface area contributed by atoms with E-state index in [4.69, 9.17) is 4.74 Å². The second-order valence-electron chi connectivity index (χ2n) is 6.59. The van der Waals surface area contributed by atoms with Crippen LogP contribution in [0.3, 0.4) is 0 Å². The topological polar surface area (TPSA) is 97.5 Å². The minimum atomic E-state index is -0.413. The molecule has 27 heavy (non-hydrogen) atoms. The van der Waals surface area contributed by atoms with E-state index < -0.39 is 5.97 Å². The van der Waals surface area contributed by atoms with Crippen LogP contribution < -0.4 is 0 Å². The quantitative estimate of drug-likeness (QED) is 0.648. The van der Waals surface area contributed by atoms with Crippen molar-refractivity contribution >= 4 is 17.0 Å². The third-order valence-electron chi connectivity index (χ3n) is 4.31. The number of fused-ring (bicyclic) bond motifs is 1. The Labute approximate surface area is 157 Å². The summed E-state index contributed by atoms with van der Waals surface area (Å²) < 4.78 is 5.01. The van der Waals surface area contributed by atoms with Gasteiger partial charge in [-0.15, -0.1) is 15.0 Å². The molecule has 7 nitrogen and oxygen atoms in total. The van der Waals surface area contributed by atoms with Gasteiger partial charge >= 0.3 is 5.97 Å². The third kappa shape index (κ3) is 3.78. The van der Waals surface area contributed by atoms with Crippen molar-refractivity contribution in [3.63, 3.8) is 0 Å². The number of ether oxygens (including phenoxy) is 1. The maximum absolute atomic E-state index is 11.9. The highest BCUT2D eigenvalue weighted by atomic mass is 16.5. The van der Waals surface area contributed by atoms with Gasteiger partial charge in [-0.05, 0) is 54.7 Å². The Balaban J connectivity index is 2.10. The number of hydrogen-bond acceptors (Lipinski definition) is 6. The molecule has 3 rings (SSSR count). The number of aromatic nitrogens is 3. The van der Waals surface area contributed by atoms with Gasteiger partial charge in [-0.1, -0.05) is 19.9 Å². The summed E-state index contributed by atoms with van der Waals surface area (Å²) in [5.74, 6) is -0.204. The fraction of sp³-hybridized carbons (Fsp3) is 0.350. The molecule has 3 aromatic rings. The number of esters is 1. The Morgan fingerprint density at radius 3 is 2.59 bits per heavy atom. The highest BCUT2D eigenvalue weighted by Crippen LogP contribution is 2.33. The Morgan fingerprint density at radius 1 is 1.19 bits per heavy atom. The number of hydrogen-bond donors (Lipinski definition) is 2. The molecule has 0 saturated heterocycles. The summed E-state index contributed by atoms with van der Waals surface area (Å²) in [6.07, 6.45) is 0.473. The highest BCUT2D eigenvalue weighted by molar-refractivity contribution is 5.93. The molecule has 7 heteroatoms. The fourth-order valence-electron chi connectivity index (χ4n) is 2.93. The minimum Gasteiger partial charge on any atom is -0.505 e. The summed E-state index contributed by atoms with van der Waals surface area (Å²) in [6, 6.07) is 8.61. The zero-order valence-corrected chi connectivity index (χ0v) is 15.6. The van der Waals surface area contributed by atoms with E-state index in [0.717, 1.165) is 11.1 Å². The Kier molecular flexibility index (Phi) is 5.41. The van der Waals surface area contributed by atoms with Crippen LogP contribution in [0.15, 0.2) is 30.3 Å². The lowest BCUT2D eigenvalue weighted by Crippen LogP contribution is -2.04. The van der Waals surface area contributed by atoms with Crippen molar-refractivity contribution in [2.24, 2.45) is 0 Å². The van der Waals surface area contributed by atoms with Crippen molar-refractivity contribution < 1.29 is 19.7 Å². The predicted molar refractivity (Wildman–Crippen MR) is 101 cm³/mol. The molecule has 0 saturated carbocycles. The standard InChI is InChI=1S/C20H23N3O4/c1-4-27-20(26)14-5-6-16-17(11-14)22-23(21-16)18-10-13(7-8-24)9-15(12(2)3)19(18)25/h5-6,9-12,24-25H,4,7-8H2,1-3H3. The van der Waals surface area contributed by atoms with E-state index >= 15 is 0 Å². The van der Waals surface area contributed by atoms with Crippen molar-refractivity contribution in [1.29, 1.82) is 0 Å². The smallest absolute Gasteiger partial charge is 0.338 e. The van der Waals surface area contributed by atoms with E-state index in [-0.39, 0.29) is 18.3 Å². The second-order valence-corrected chi connectivity index (χ2v) is 6.59. The van der Waals surface area contributed by atoms with Crippen LogP contribution in [0.1, 0.15) is 48.2 Å². The molecule has 0 unspecified atom stereocenters. The SMILES string of the molecule is CCOC(=O)c1ccc2nn(-c3cc(CCO)cc(C(C)C)c3O)nc2c1. The van der Waals surface area contributed by atoms with E-state index in [1.165, 1.54) is 4.80 Å². The molecule has 2 aromatic carbocycles. The molecule has 0 aliphatic heterocycles. The van der Waals surface area contributed by atoms with Gasteiger partial charge in [0.1, 0.15) is 22.5 Å². The predicted octanol–water partition coefficient (Wildman–Crippen LogP) is 2.96. The van der Waals surface area contributed by atoms with Crippen LogP contribution in [0, 0.1) is 0 Å². The molecule has 0 aliphatic carbocycles. The normalized spacial score (nSPS) is 11.3. The third-order valence-corrected chi connectivity index (χ3v) is 4.31. The fourth-order valence-corrected chi connectivity index (χ4v) is 2.93. The second kappa shape index (κ2) is 7.75. The molecular weight excluding hydrogens is 346 g/mol. The molecule has 1 aromatic heterocycles. The molecule has 0 atom stereocenters. The van der Waals surface area contributed by atoms with E-state index in [1.807, 2.05) is 19.9 Å². The number of benzene rings is 2. The molecule has 2 N–H and O–H groups in total. The van der Waals surface area contributed by atoms with Gasteiger partial charge in [-0.25, -0.2) is 4.79 Å². The monoisotopic (exact) mass is 369 g/mol. The van der Waals surface area contributed by atoms with Crippen molar-refractivity contribution in [3.05, 3.63) is 47.0 Å². The van der Waals surface area contributed by atoms with Crippen LogP contribution in [0.25, 0.3) is 16.7 Å². The average molecular weight is 369 g/mol. The molecular formula is C20H23N3O4. The van der Waals surface area contributed by atoms with Crippen LogP contribution in [-0.4, -0.2) is 44.4 Å². The summed E-state index contributed by atoms with van der Waals surface area (Å²) in [4.78, 5) is 13.3. The highest BCUT2D eigenvalue weighted by Gasteiger charge is 2.17. The number of rotatable bonds is 6. The van der Waals surface area contributed by atoms with Crippen molar-refractivity contribution in [1.82, 2.24) is 15.0 Å². The van der Waals surface area contributed by atoms with Gasteiger partial charge in [0, 0.05) is 6.61 Å². The van der Waals surface area contributed by atoms with Crippen LogP contribution >= 0.6 is 0 Å². The summed E-state index contributed by atoms with van der Waals surface area (Å²) in [5, 5.41) is 28.8. The largest absolute Gasteiger partial charge is 0.505 e. The van der Waals surface area contributed by atoms with Gasteiger partial charge in [0.15, 0.2) is 0 Å². The first-order valence-corrected chi connectivity index (χ1v) is 8.95. The molecule has 1 heterocycles. The molecule has 0 spiro atoms. The van der Waals surface area contributed by atoms with Crippen molar-refractivity contribution in [3.8, 4) is 11.4 Å². The number of aliphatic hydroxyl groups excluding tert-OH is 1. The number of aromatic hydroxyl groups is 1. The Bertz CT molecular complexity index is 979. The van der Waals surface area contributed by atoms with Crippen LogP contribution in [0.5, 0.6) is 5.75 Å². The molecule has 0 fully saturated rings. The first kappa shape index (κ1) is 18.8. The van der Waals surface area contributed by atoms with Gasteiger partial charge in [0.2, 0.25) is 0 Å². The van der Waals surface area contributed by atoms with Crippen LogP contribution in [-0.2, 0) is 11.2 Å². The summed E-state index contributed by atoms with van der Waals surface area (Å²) in [6.45, 7) is 6.04. The molecule has 0 bridgehead atoms. The average Bonchev–Trinajstić information content (AvgIpc) is 3.06. The lowest BCUT2D eigenvalue weighted by molar-refractivity contribution is 0.0526. The maximum Gasteiger partial charge on any atom is 0.338 e. The van der Waals surface area contributed by atoms with Crippen molar-refractivity contribution in [2.75, 3.05) is 13.2 Å². The first-order chi connectivity index (χ1) is 12.9. The molecule has 142 valence electrons. The number of carbonyl (C=O) groups excluding carboxylic acids is 1. The Hall–Kier alpha value is -2.93. The summed E-state index contributed by atoms with van der Waals surface area (Å²) in [5.41, 5.74) is 3.63. The van der Waals surface area contributed by atoms with E-state index in [2.05, 4.69) is 10.2 Å². The van der Waals surface area contributed by atoms with Gasteiger partial charge in [-0.3, -0.25) is 0 Å². The van der Waals surface area contributed by atoms with Crippen LogP contribution in [0.2, 0.25) is 0 Å². The zero-order valence-electron chi connectivity index (χ0n) is 15.6. The van der Waals surface area contributed by atoms with E-state index in [9.17, 15) is 15.0 Å². The molecule has 0 radical (unpaired) electrons. The number of carbonyl (C=O) groups is 1. The Morgan fingerprint density at radius 2 is 1.93 bits per heavy atom. The van der Waals surface area contributed by atoms with Gasteiger partial charge < -0.3 is 14.9 Å². The van der Waals surface area contributed by atoms with Gasteiger partial charge in [0.25, 0.3) is 0 Å². The van der Waals surface area contributed by atoms with Gasteiger partial charge in [-0.2, -0.15) is 0 Å². The first-order valence-electron chi connectivity index (χ1n) is 8.95. The molecule has 0 aliphatic rings. The van der Waals surface area contributed by atoms with Crippen molar-refractivity contribution in [2.45, 2.75) is 33.1 Å². The lowest BCUT2D eigenvalue weighted by atomic mass is 9.97. The summed E-state index contributed by atoms with van der Waals surface area (Å²) in [7, 11) is 0. The molecule has 0 amide bonds. The number of phenolic OH excluding ortho intramolecular Hbond substituents is 1. The maximum atomic E-state index is 11.9. The minimum absolute atomic E-state index is 0.0131. The van der Waals surface area contributed by atoms with Crippen LogP contribution in [0.4, 0.5) is 0 Å². The van der Waals surface area contributed by atoms with E-state index in [1.54, 1.807) is 31.2 Å². The van der Waals surface area contributed by atoms with E-state index in [0.29, 0.717) is 35.3 Å². The number of phenols is 1. The number of aliphatic hydroxyl groups is 1.